The summed E-state index contributed by atoms with van der Waals surface area (Å²) in [6.45, 7) is 4.93. The summed E-state index contributed by atoms with van der Waals surface area (Å²) in [7, 11) is 0. The van der Waals surface area contributed by atoms with Gasteiger partial charge in [0, 0.05) is 5.56 Å². The summed E-state index contributed by atoms with van der Waals surface area (Å²) in [5.41, 5.74) is 4.14. The molecule has 0 radical (unpaired) electrons. The third-order valence-corrected chi connectivity index (χ3v) is 4.74. The molecule has 156 valence electrons. The summed E-state index contributed by atoms with van der Waals surface area (Å²) in [5.74, 6) is 1.40. The minimum atomic E-state index is -0.466. The number of rotatable bonds is 7. The van der Waals surface area contributed by atoms with Crippen molar-refractivity contribution in [1.29, 1.82) is 0 Å². The fourth-order valence-corrected chi connectivity index (χ4v) is 3.24. The van der Waals surface area contributed by atoms with Crippen LogP contribution in [0, 0.1) is 13.8 Å². The first-order chi connectivity index (χ1) is 15.1. The highest BCUT2D eigenvalue weighted by atomic mass is 16.6. The van der Waals surface area contributed by atoms with E-state index in [0.29, 0.717) is 24.9 Å². The highest BCUT2D eigenvalue weighted by Gasteiger charge is 2.23. The SMILES string of the molecule is Cc1ccc(OCCOc2cccc(/C=C3\N=C(c4ccccc4)OC3=O)c2)c(C)c1. The molecule has 4 rings (SSSR count). The van der Waals surface area contributed by atoms with Crippen LogP contribution in [0.25, 0.3) is 6.08 Å². The van der Waals surface area contributed by atoms with Crippen molar-refractivity contribution < 1.29 is 19.0 Å². The molecule has 3 aromatic carbocycles. The van der Waals surface area contributed by atoms with Gasteiger partial charge in [-0.3, -0.25) is 0 Å². The van der Waals surface area contributed by atoms with Gasteiger partial charge in [-0.05, 0) is 61.4 Å². The molecule has 0 aromatic heterocycles. The fourth-order valence-electron chi connectivity index (χ4n) is 3.24. The van der Waals surface area contributed by atoms with E-state index in [1.165, 1.54) is 5.56 Å². The Hall–Kier alpha value is -3.86. The van der Waals surface area contributed by atoms with Gasteiger partial charge in [-0.15, -0.1) is 0 Å². The van der Waals surface area contributed by atoms with Gasteiger partial charge in [-0.2, -0.15) is 0 Å². The van der Waals surface area contributed by atoms with Crippen molar-refractivity contribution in [3.8, 4) is 11.5 Å². The molecular weight excluding hydrogens is 390 g/mol. The number of hydrogen-bond acceptors (Lipinski definition) is 5. The van der Waals surface area contributed by atoms with Crippen LogP contribution in [0.4, 0.5) is 0 Å². The average Bonchev–Trinajstić information content (AvgIpc) is 3.13. The Morgan fingerprint density at radius 2 is 1.71 bits per heavy atom. The molecule has 1 aliphatic heterocycles. The maximum atomic E-state index is 12.2. The monoisotopic (exact) mass is 413 g/mol. The van der Waals surface area contributed by atoms with E-state index in [9.17, 15) is 4.79 Å². The molecule has 0 fully saturated rings. The molecule has 1 heterocycles. The summed E-state index contributed by atoms with van der Waals surface area (Å²) < 4.78 is 16.9. The maximum absolute atomic E-state index is 12.2. The number of hydrogen-bond donors (Lipinski definition) is 0. The van der Waals surface area contributed by atoms with E-state index in [1.54, 1.807) is 6.08 Å². The van der Waals surface area contributed by atoms with Crippen LogP contribution >= 0.6 is 0 Å². The highest BCUT2D eigenvalue weighted by molar-refractivity contribution is 6.12. The number of ether oxygens (including phenoxy) is 3. The Morgan fingerprint density at radius 1 is 0.903 bits per heavy atom. The summed E-state index contributed by atoms with van der Waals surface area (Å²) in [6.07, 6.45) is 1.69. The first kappa shape index (κ1) is 20.4. The van der Waals surface area contributed by atoms with E-state index >= 15 is 0 Å². The smallest absolute Gasteiger partial charge is 0.363 e. The summed E-state index contributed by atoms with van der Waals surface area (Å²) in [6, 6.07) is 22.9. The molecule has 0 bridgehead atoms. The van der Waals surface area contributed by atoms with Crippen LogP contribution in [0.1, 0.15) is 22.3 Å². The zero-order valence-electron chi connectivity index (χ0n) is 17.5. The maximum Gasteiger partial charge on any atom is 0.363 e. The Labute approximate surface area is 181 Å². The number of carbonyl (C=O) groups excluding carboxylic acids is 1. The Balaban J connectivity index is 1.38. The van der Waals surface area contributed by atoms with Crippen molar-refractivity contribution in [3.05, 3.63) is 101 Å². The summed E-state index contributed by atoms with van der Waals surface area (Å²) >= 11 is 0. The van der Waals surface area contributed by atoms with Crippen LogP contribution in [0.5, 0.6) is 11.5 Å². The van der Waals surface area contributed by atoms with E-state index < -0.39 is 5.97 Å². The molecule has 0 amide bonds. The van der Waals surface area contributed by atoms with Crippen molar-refractivity contribution >= 4 is 17.9 Å². The summed E-state index contributed by atoms with van der Waals surface area (Å²) in [5, 5.41) is 0. The van der Waals surface area contributed by atoms with Crippen molar-refractivity contribution in [3.63, 3.8) is 0 Å². The quantitative estimate of drug-likeness (QED) is 0.307. The lowest BCUT2D eigenvalue weighted by Crippen LogP contribution is -2.09. The van der Waals surface area contributed by atoms with Crippen LogP contribution in [0.2, 0.25) is 0 Å². The summed E-state index contributed by atoms with van der Waals surface area (Å²) in [4.78, 5) is 16.5. The number of aryl methyl sites for hydroxylation is 2. The molecule has 5 heteroatoms. The number of carbonyl (C=O) groups is 1. The minimum absolute atomic E-state index is 0.259. The highest BCUT2D eigenvalue weighted by Crippen LogP contribution is 2.22. The van der Waals surface area contributed by atoms with Crippen LogP contribution in [0.3, 0.4) is 0 Å². The predicted octanol–water partition coefficient (Wildman–Crippen LogP) is 5.11. The molecule has 0 atom stereocenters. The Morgan fingerprint density at radius 3 is 2.52 bits per heavy atom. The van der Waals surface area contributed by atoms with Gasteiger partial charge in [0.15, 0.2) is 5.70 Å². The van der Waals surface area contributed by atoms with E-state index in [4.69, 9.17) is 14.2 Å². The van der Waals surface area contributed by atoms with Crippen molar-refractivity contribution in [2.24, 2.45) is 4.99 Å². The zero-order valence-corrected chi connectivity index (χ0v) is 17.5. The van der Waals surface area contributed by atoms with Crippen molar-refractivity contribution in [2.75, 3.05) is 13.2 Å². The van der Waals surface area contributed by atoms with Gasteiger partial charge in [0.2, 0.25) is 5.90 Å². The number of cyclic esters (lactones) is 1. The lowest BCUT2D eigenvalue weighted by Gasteiger charge is -2.11. The molecule has 0 N–H and O–H groups in total. The Kier molecular flexibility index (Phi) is 6.13. The van der Waals surface area contributed by atoms with Gasteiger partial charge >= 0.3 is 5.97 Å². The second kappa shape index (κ2) is 9.30. The number of nitrogens with zero attached hydrogens (tertiary/aromatic N) is 1. The second-order valence-corrected chi connectivity index (χ2v) is 7.24. The van der Waals surface area contributed by atoms with Gasteiger partial charge in [-0.1, -0.05) is 48.0 Å². The van der Waals surface area contributed by atoms with Crippen LogP contribution in [0.15, 0.2) is 83.5 Å². The Bertz CT molecular complexity index is 1150. The number of esters is 1. The standard InChI is InChI=1S/C26H23NO4/c1-18-11-12-24(19(2)15-18)30-14-13-29-22-10-6-7-20(16-22)17-23-26(28)31-25(27-23)21-8-4-3-5-9-21/h3-12,15-17H,13-14H2,1-2H3/b23-17-. The molecule has 5 nitrogen and oxygen atoms in total. The zero-order chi connectivity index (χ0) is 21.6. The van der Waals surface area contributed by atoms with Crippen molar-refractivity contribution in [1.82, 2.24) is 0 Å². The molecule has 1 aliphatic rings. The van der Waals surface area contributed by atoms with Gasteiger partial charge in [0.05, 0.1) is 0 Å². The predicted molar refractivity (Wildman–Crippen MR) is 120 cm³/mol. The molecule has 0 spiro atoms. The van der Waals surface area contributed by atoms with Gasteiger partial charge < -0.3 is 14.2 Å². The molecule has 0 saturated heterocycles. The normalized spacial score (nSPS) is 14.3. The molecule has 0 saturated carbocycles. The largest absolute Gasteiger partial charge is 0.490 e. The fraction of sp³-hybridized carbons (Fsp3) is 0.154. The van der Waals surface area contributed by atoms with Gasteiger partial charge in [0.25, 0.3) is 0 Å². The van der Waals surface area contributed by atoms with E-state index in [2.05, 4.69) is 18.0 Å². The third-order valence-electron chi connectivity index (χ3n) is 4.74. The first-order valence-electron chi connectivity index (χ1n) is 10.1. The third kappa shape index (κ3) is 5.20. The molecule has 0 unspecified atom stereocenters. The lowest BCUT2D eigenvalue weighted by molar-refractivity contribution is -0.129. The molecule has 3 aromatic rings. The van der Waals surface area contributed by atoms with Crippen LogP contribution < -0.4 is 9.47 Å². The van der Waals surface area contributed by atoms with Crippen LogP contribution in [-0.2, 0) is 9.53 Å². The second-order valence-electron chi connectivity index (χ2n) is 7.24. The number of aliphatic imine (C=N–C) groups is 1. The van der Waals surface area contributed by atoms with E-state index in [-0.39, 0.29) is 5.70 Å². The van der Waals surface area contributed by atoms with Gasteiger partial charge in [-0.25, -0.2) is 9.79 Å². The van der Waals surface area contributed by atoms with Crippen molar-refractivity contribution in [2.45, 2.75) is 13.8 Å². The van der Waals surface area contributed by atoms with E-state index in [1.807, 2.05) is 73.7 Å². The van der Waals surface area contributed by atoms with Crippen LogP contribution in [-0.4, -0.2) is 25.1 Å². The lowest BCUT2D eigenvalue weighted by atomic mass is 10.1. The first-order valence-corrected chi connectivity index (χ1v) is 10.1. The minimum Gasteiger partial charge on any atom is -0.490 e. The van der Waals surface area contributed by atoms with E-state index in [0.717, 1.165) is 22.4 Å². The van der Waals surface area contributed by atoms with Gasteiger partial charge in [0.1, 0.15) is 24.7 Å². The number of benzene rings is 3. The molecule has 0 aliphatic carbocycles. The average molecular weight is 413 g/mol. The molecule has 31 heavy (non-hydrogen) atoms. The topological polar surface area (TPSA) is 57.1 Å². The molecular formula is C26H23NO4.